The first-order valence-corrected chi connectivity index (χ1v) is 10.7. The van der Waals surface area contributed by atoms with Gasteiger partial charge in [-0.3, -0.25) is 0 Å². The summed E-state index contributed by atoms with van der Waals surface area (Å²) in [6.07, 6.45) is 0.949. The van der Waals surface area contributed by atoms with Crippen LogP contribution in [0.3, 0.4) is 0 Å². The Hall–Kier alpha value is -3.33. The minimum absolute atomic E-state index is 0.0766. The summed E-state index contributed by atoms with van der Waals surface area (Å²) in [5, 5.41) is 11.0. The van der Waals surface area contributed by atoms with Gasteiger partial charge in [0.2, 0.25) is 9.84 Å². The van der Waals surface area contributed by atoms with Crippen LogP contribution < -0.4 is 0 Å². The number of aromatic amines is 1. The van der Waals surface area contributed by atoms with Gasteiger partial charge in [-0.1, -0.05) is 60.1 Å². The molecule has 0 aliphatic carbocycles. The molecule has 3 aromatic carbocycles. The first kappa shape index (κ1) is 19.0. The Kier molecular flexibility index (Phi) is 4.98. The summed E-state index contributed by atoms with van der Waals surface area (Å²) in [6.45, 7) is 0. The van der Waals surface area contributed by atoms with Gasteiger partial charge in [0.05, 0.1) is 16.7 Å². The monoisotopic (exact) mass is 418 g/mol. The predicted octanol–water partition coefficient (Wildman–Crippen LogP) is 5.97. The third kappa shape index (κ3) is 3.56. The van der Waals surface area contributed by atoms with Gasteiger partial charge < -0.3 is 4.98 Å². The van der Waals surface area contributed by atoms with Crippen LogP contribution in [0.15, 0.2) is 89.2 Å². The number of nitrogens with zero attached hydrogens (tertiary/aromatic N) is 1. The number of aromatic nitrogens is 1. The maximum Gasteiger partial charge on any atom is 0.200 e. The number of rotatable bonds is 4. The Bertz CT molecular complexity index is 1380. The second kappa shape index (κ2) is 7.59. The Balaban J connectivity index is 2.02. The van der Waals surface area contributed by atoms with Gasteiger partial charge in [0.1, 0.15) is 0 Å². The molecule has 142 valence electrons. The lowest BCUT2D eigenvalue weighted by molar-refractivity contribution is 0.604. The molecule has 29 heavy (non-hydrogen) atoms. The second-order valence-corrected chi connectivity index (χ2v) is 8.65. The average Bonchev–Trinajstić information content (AvgIpc) is 3.12. The fourth-order valence-corrected chi connectivity index (χ4v) is 4.46. The van der Waals surface area contributed by atoms with E-state index < -0.39 is 9.84 Å². The third-order valence-electron chi connectivity index (χ3n) is 4.63. The number of halogens is 1. The second-order valence-electron chi connectivity index (χ2n) is 6.41. The van der Waals surface area contributed by atoms with Gasteiger partial charge in [-0.15, -0.1) is 0 Å². The number of sulfone groups is 1. The maximum atomic E-state index is 12.6. The van der Waals surface area contributed by atoms with Crippen molar-refractivity contribution >= 4 is 32.3 Å². The minimum Gasteiger partial charge on any atom is -0.354 e. The minimum atomic E-state index is -3.76. The van der Waals surface area contributed by atoms with Crippen LogP contribution in [-0.4, -0.2) is 13.4 Å². The van der Waals surface area contributed by atoms with E-state index in [2.05, 4.69) is 4.98 Å². The van der Waals surface area contributed by atoms with Crippen LogP contribution in [0.4, 0.5) is 0 Å². The van der Waals surface area contributed by atoms with Crippen molar-refractivity contribution in [1.29, 1.82) is 5.26 Å². The molecule has 0 amide bonds. The van der Waals surface area contributed by atoms with Gasteiger partial charge in [-0.25, -0.2) is 8.42 Å². The molecule has 0 aliphatic heterocycles. The van der Waals surface area contributed by atoms with E-state index in [1.165, 1.54) is 6.07 Å². The molecule has 4 nitrogen and oxygen atoms in total. The van der Waals surface area contributed by atoms with Crippen molar-refractivity contribution in [3.63, 3.8) is 0 Å². The van der Waals surface area contributed by atoms with Crippen LogP contribution >= 0.6 is 11.6 Å². The number of hydrogen-bond acceptors (Lipinski definition) is 3. The molecule has 4 rings (SSSR count). The number of nitrogens with one attached hydrogen (secondary N) is 1. The third-order valence-corrected chi connectivity index (χ3v) is 6.36. The van der Waals surface area contributed by atoms with Crippen molar-refractivity contribution in [3.8, 4) is 28.5 Å². The Morgan fingerprint density at radius 2 is 1.69 bits per heavy atom. The van der Waals surface area contributed by atoms with Crippen molar-refractivity contribution in [2.75, 3.05) is 0 Å². The maximum absolute atomic E-state index is 12.6. The molecule has 0 fully saturated rings. The number of para-hydroxylation sites is 1. The standard InChI is InChI=1S/C23H15ClN2O2S/c24-20-12-11-17(29(27,28)14-6-13-25)15-19(20)22-18-9-4-5-10-21(18)26-23(22)16-7-2-1-3-8-16/h1-12,14-15,26H. The lowest BCUT2D eigenvalue weighted by Gasteiger charge is -2.10. The van der Waals surface area contributed by atoms with Gasteiger partial charge in [-0.2, -0.15) is 5.26 Å². The van der Waals surface area contributed by atoms with E-state index >= 15 is 0 Å². The van der Waals surface area contributed by atoms with E-state index in [1.54, 1.807) is 18.2 Å². The number of benzene rings is 3. The summed E-state index contributed by atoms with van der Waals surface area (Å²) in [4.78, 5) is 3.51. The molecule has 1 heterocycles. The molecule has 0 unspecified atom stereocenters. The van der Waals surface area contributed by atoms with Gasteiger partial charge in [-0.05, 0) is 29.8 Å². The summed E-state index contributed by atoms with van der Waals surface area (Å²) in [5.41, 5.74) is 4.19. The number of allylic oxidation sites excluding steroid dienone is 1. The fourth-order valence-electron chi connectivity index (χ4n) is 3.31. The molecule has 0 bridgehead atoms. The molecular weight excluding hydrogens is 404 g/mol. The van der Waals surface area contributed by atoms with Crippen molar-refractivity contribution in [3.05, 3.63) is 89.3 Å². The van der Waals surface area contributed by atoms with Gasteiger partial charge >= 0.3 is 0 Å². The zero-order valence-electron chi connectivity index (χ0n) is 15.1. The molecule has 6 heteroatoms. The highest BCUT2D eigenvalue weighted by Gasteiger charge is 2.20. The smallest absolute Gasteiger partial charge is 0.200 e. The molecule has 1 N–H and O–H groups in total. The summed E-state index contributed by atoms with van der Waals surface area (Å²) in [6, 6.07) is 23.9. The molecular formula is C23H15ClN2O2S. The molecule has 0 saturated heterocycles. The molecule has 1 aromatic heterocycles. The molecule has 0 spiro atoms. The van der Waals surface area contributed by atoms with E-state index in [9.17, 15) is 8.42 Å². The van der Waals surface area contributed by atoms with Crippen LogP contribution in [0.5, 0.6) is 0 Å². The van der Waals surface area contributed by atoms with E-state index in [0.717, 1.165) is 39.2 Å². The number of hydrogen-bond donors (Lipinski definition) is 1. The van der Waals surface area contributed by atoms with Crippen molar-refractivity contribution in [1.82, 2.24) is 4.98 Å². The highest BCUT2D eigenvalue weighted by molar-refractivity contribution is 7.94. The van der Waals surface area contributed by atoms with Gasteiger partial charge in [0, 0.05) is 38.5 Å². The van der Waals surface area contributed by atoms with Crippen molar-refractivity contribution in [2.45, 2.75) is 4.90 Å². The topological polar surface area (TPSA) is 73.7 Å². The zero-order valence-corrected chi connectivity index (χ0v) is 16.7. The zero-order chi connectivity index (χ0) is 20.4. The number of nitriles is 1. The first-order chi connectivity index (χ1) is 14.0. The van der Waals surface area contributed by atoms with E-state index in [1.807, 2.05) is 54.6 Å². The molecule has 4 aromatic rings. The summed E-state index contributed by atoms with van der Waals surface area (Å²) in [5.74, 6) is 0. The summed E-state index contributed by atoms with van der Waals surface area (Å²) < 4.78 is 25.1. The lowest BCUT2D eigenvalue weighted by Crippen LogP contribution is -1.97. The molecule has 0 radical (unpaired) electrons. The van der Waals surface area contributed by atoms with Crippen LogP contribution in [0.25, 0.3) is 33.3 Å². The summed E-state index contributed by atoms with van der Waals surface area (Å²) in [7, 11) is -3.76. The largest absolute Gasteiger partial charge is 0.354 e. The quantitative estimate of drug-likeness (QED) is 0.415. The fraction of sp³-hybridized carbons (Fsp3) is 0. The van der Waals surface area contributed by atoms with Crippen LogP contribution in [-0.2, 0) is 9.84 Å². The number of H-pyrrole nitrogens is 1. The SMILES string of the molecule is N#CC=CS(=O)(=O)c1ccc(Cl)c(-c2c(-c3ccccc3)[nH]c3ccccc23)c1. The Labute approximate surface area is 173 Å². The van der Waals surface area contributed by atoms with Crippen molar-refractivity contribution < 1.29 is 8.42 Å². The highest BCUT2D eigenvalue weighted by atomic mass is 35.5. The van der Waals surface area contributed by atoms with Gasteiger partial charge in [0.15, 0.2) is 0 Å². The first-order valence-electron chi connectivity index (χ1n) is 8.78. The highest BCUT2D eigenvalue weighted by Crippen LogP contribution is 2.42. The van der Waals surface area contributed by atoms with Gasteiger partial charge in [0.25, 0.3) is 0 Å². The lowest BCUT2D eigenvalue weighted by atomic mass is 9.98. The van der Waals surface area contributed by atoms with Crippen LogP contribution in [0.2, 0.25) is 5.02 Å². The number of fused-ring (bicyclic) bond motifs is 1. The Morgan fingerprint density at radius 1 is 0.966 bits per heavy atom. The Morgan fingerprint density at radius 3 is 2.45 bits per heavy atom. The van der Waals surface area contributed by atoms with E-state index in [4.69, 9.17) is 16.9 Å². The molecule has 0 atom stereocenters. The van der Waals surface area contributed by atoms with Crippen LogP contribution in [0.1, 0.15) is 0 Å². The molecule has 0 aliphatic rings. The normalized spacial score (nSPS) is 11.7. The van der Waals surface area contributed by atoms with Crippen LogP contribution in [0, 0.1) is 11.3 Å². The van der Waals surface area contributed by atoms with E-state index in [-0.39, 0.29) is 4.90 Å². The average molecular weight is 419 g/mol. The predicted molar refractivity (Wildman–Crippen MR) is 116 cm³/mol. The summed E-state index contributed by atoms with van der Waals surface area (Å²) >= 11 is 6.52. The van der Waals surface area contributed by atoms with E-state index in [0.29, 0.717) is 10.6 Å². The van der Waals surface area contributed by atoms with Crippen molar-refractivity contribution in [2.24, 2.45) is 0 Å². The molecule has 0 saturated carbocycles.